The Morgan fingerprint density at radius 3 is 2.00 bits per heavy atom. The van der Waals surface area contributed by atoms with Gasteiger partial charge in [0.25, 0.3) is 0 Å². The molecule has 0 saturated heterocycles. The number of hydrogen-bond acceptors (Lipinski definition) is 3. The Labute approximate surface area is 62.5 Å². The maximum atomic E-state index is 10.3. The summed E-state index contributed by atoms with van der Waals surface area (Å²) in [5, 5.41) is 0. The molecule has 62 valence electrons. The minimum atomic E-state index is -0.347. The highest BCUT2D eigenvalue weighted by Gasteiger charge is 1.99. The Balaban J connectivity index is 0. The molecule has 0 aliphatic heterocycles. The molecule has 0 saturated carbocycles. The van der Waals surface area contributed by atoms with Crippen LogP contribution in [-0.4, -0.2) is 18.6 Å². The van der Waals surface area contributed by atoms with Crippen molar-refractivity contribution < 1.29 is 9.53 Å². The first-order chi connectivity index (χ1) is 4.66. The van der Waals surface area contributed by atoms with Crippen LogP contribution in [0, 0.1) is 0 Å². The van der Waals surface area contributed by atoms with Crippen molar-refractivity contribution in [1.29, 1.82) is 0 Å². The summed E-state index contributed by atoms with van der Waals surface area (Å²) in [6.07, 6.45) is -0.0500. The molecule has 3 nitrogen and oxygen atoms in total. The van der Waals surface area contributed by atoms with Crippen molar-refractivity contribution in [1.82, 2.24) is 0 Å². The number of carbonyl (C=O) groups excluding carboxylic acids is 1. The van der Waals surface area contributed by atoms with Crippen LogP contribution in [0.4, 0.5) is 0 Å². The minimum absolute atomic E-state index is 0.0296. The number of rotatable bonds is 2. The van der Waals surface area contributed by atoms with Crippen LogP contribution in [0.1, 0.15) is 27.7 Å². The molecule has 0 heterocycles. The van der Waals surface area contributed by atoms with Gasteiger partial charge in [0.2, 0.25) is 0 Å². The largest absolute Gasteiger partial charge is 0.462 e. The van der Waals surface area contributed by atoms with E-state index in [-0.39, 0.29) is 18.6 Å². The van der Waals surface area contributed by atoms with Crippen molar-refractivity contribution in [2.45, 2.75) is 33.8 Å². The second-order valence-electron chi connectivity index (χ2n) is 1.74. The van der Waals surface area contributed by atoms with Gasteiger partial charge < -0.3 is 10.5 Å². The summed E-state index contributed by atoms with van der Waals surface area (Å²) in [6.45, 7) is 7.54. The summed E-state index contributed by atoms with van der Waals surface area (Å²) in [7, 11) is 0. The Hall–Kier alpha value is -0.570. The predicted octanol–water partition coefficient (Wildman–Crippen LogP) is 0.923. The van der Waals surface area contributed by atoms with E-state index in [4.69, 9.17) is 5.73 Å². The third-order valence-electron chi connectivity index (χ3n) is 0.534. The number of carbonyl (C=O) groups is 1. The maximum Gasteiger partial charge on any atom is 0.319 e. The molecule has 0 aromatic heterocycles. The van der Waals surface area contributed by atoms with E-state index in [1.54, 1.807) is 13.8 Å². The fraction of sp³-hybridized carbons (Fsp3) is 0.857. The van der Waals surface area contributed by atoms with Gasteiger partial charge in [-0.1, -0.05) is 13.8 Å². The molecule has 0 aromatic rings. The highest BCUT2D eigenvalue weighted by Crippen LogP contribution is 1.85. The summed E-state index contributed by atoms with van der Waals surface area (Å²) in [4.78, 5) is 10.3. The van der Waals surface area contributed by atoms with Gasteiger partial charge in [0.1, 0.15) is 0 Å². The van der Waals surface area contributed by atoms with Gasteiger partial charge in [0.15, 0.2) is 0 Å². The van der Waals surface area contributed by atoms with E-state index in [1.165, 1.54) is 0 Å². The molecule has 0 bridgehead atoms. The molecule has 0 rings (SSSR count). The number of nitrogens with two attached hydrogens (primary N) is 1. The lowest BCUT2D eigenvalue weighted by atomic mass is 10.5. The van der Waals surface area contributed by atoms with Gasteiger partial charge in [-0.25, -0.2) is 0 Å². The molecule has 10 heavy (non-hydrogen) atoms. The monoisotopic (exact) mass is 147 g/mol. The fourth-order valence-corrected chi connectivity index (χ4v) is 0.311. The zero-order valence-electron chi connectivity index (χ0n) is 7.18. The van der Waals surface area contributed by atoms with Crippen LogP contribution in [0.5, 0.6) is 0 Å². The van der Waals surface area contributed by atoms with Crippen LogP contribution >= 0.6 is 0 Å². The molecule has 0 aromatic carbocycles. The van der Waals surface area contributed by atoms with Crippen molar-refractivity contribution in [3.05, 3.63) is 0 Å². The van der Waals surface area contributed by atoms with Crippen LogP contribution in [0.3, 0.4) is 0 Å². The van der Waals surface area contributed by atoms with Crippen molar-refractivity contribution in [3.8, 4) is 0 Å². The highest BCUT2D eigenvalue weighted by molar-refractivity contribution is 5.71. The zero-order valence-corrected chi connectivity index (χ0v) is 7.18. The first kappa shape index (κ1) is 12.1. The van der Waals surface area contributed by atoms with Crippen molar-refractivity contribution in [2.75, 3.05) is 6.54 Å². The molecule has 0 amide bonds. The summed E-state index contributed by atoms with van der Waals surface area (Å²) in [5.74, 6) is -0.347. The van der Waals surface area contributed by atoms with Gasteiger partial charge in [-0.2, -0.15) is 0 Å². The van der Waals surface area contributed by atoms with Crippen molar-refractivity contribution in [2.24, 2.45) is 5.73 Å². The van der Waals surface area contributed by atoms with Gasteiger partial charge in [-0.15, -0.1) is 0 Å². The van der Waals surface area contributed by atoms with Crippen LogP contribution in [-0.2, 0) is 9.53 Å². The molecule has 0 aliphatic rings. The third-order valence-corrected chi connectivity index (χ3v) is 0.534. The lowest BCUT2D eigenvalue weighted by molar-refractivity contribution is -0.145. The Bertz CT molecular complexity index is 81.7. The summed E-state index contributed by atoms with van der Waals surface area (Å²) in [6, 6.07) is 0. The number of ether oxygens (including phenoxy) is 1. The van der Waals surface area contributed by atoms with E-state index in [9.17, 15) is 4.79 Å². The zero-order chi connectivity index (χ0) is 8.57. The summed E-state index contributed by atoms with van der Waals surface area (Å²) >= 11 is 0. The lowest BCUT2D eigenvalue weighted by Crippen LogP contribution is -2.20. The van der Waals surface area contributed by atoms with E-state index < -0.39 is 0 Å². The first-order valence-electron chi connectivity index (χ1n) is 3.56. The molecule has 0 unspecified atom stereocenters. The van der Waals surface area contributed by atoms with Crippen LogP contribution < -0.4 is 5.73 Å². The van der Waals surface area contributed by atoms with Crippen LogP contribution in [0.15, 0.2) is 0 Å². The Kier molecular flexibility index (Phi) is 10.2. The summed E-state index contributed by atoms with van der Waals surface area (Å²) < 4.78 is 4.64. The van der Waals surface area contributed by atoms with E-state index in [1.807, 2.05) is 13.8 Å². The molecule has 0 aliphatic carbocycles. The SMILES string of the molecule is CC.CC(C)OC(=O)CN. The van der Waals surface area contributed by atoms with Gasteiger partial charge >= 0.3 is 5.97 Å². The average molecular weight is 147 g/mol. The van der Waals surface area contributed by atoms with Gasteiger partial charge in [0.05, 0.1) is 12.6 Å². The first-order valence-corrected chi connectivity index (χ1v) is 3.56. The van der Waals surface area contributed by atoms with Crippen LogP contribution in [0.2, 0.25) is 0 Å². The molecular formula is C7H17NO2. The predicted molar refractivity (Wildman–Crippen MR) is 41.6 cm³/mol. The lowest BCUT2D eigenvalue weighted by Gasteiger charge is -2.04. The molecule has 0 spiro atoms. The highest BCUT2D eigenvalue weighted by atomic mass is 16.5. The van der Waals surface area contributed by atoms with Crippen LogP contribution in [0.25, 0.3) is 0 Å². The molecule has 0 atom stereocenters. The standard InChI is InChI=1S/C5H11NO2.C2H6/c1-4(2)8-5(7)3-6;1-2/h4H,3,6H2,1-2H3;1-2H3. The second-order valence-corrected chi connectivity index (χ2v) is 1.74. The molecule has 2 N–H and O–H groups in total. The molecule has 3 heteroatoms. The molecule has 0 radical (unpaired) electrons. The minimum Gasteiger partial charge on any atom is -0.462 e. The quantitative estimate of drug-likeness (QED) is 0.591. The smallest absolute Gasteiger partial charge is 0.319 e. The van der Waals surface area contributed by atoms with Crippen molar-refractivity contribution in [3.63, 3.8) is 0 Å². The third kappa shape index (κ3) is 10.4. The fourth-order valence-electron chi connectivity index (χ4n) is 0.311. The normalized spacial score (nSPS) is 8.20. The second kappa shape index (κ2) is 8.43. The average Bonchev–Trinajstić information content (AvgIpc) is 1.91. The topological polar surface area (TPSA) is 52.3 Å². The molecular weight excluding hydrogens is 130 g/mol. The van der Waals surface area contributed by atoms with Gasteiger partial charge in [-0.05, 0) is 13.8 Å². The van der Waals surface area contributed by atoms with E-state index >= 15 is 0 Å². The van der Waals surface area contributed by atoms with E-state index in [0.29, 0.717) is 0 Å². The Morgan fingerprint density at radius 1 is 1.50 bits per heavy atom. The van der Waals surface area contributed by atoms with Gasteiger partial charge in [-0.3, -0.25) is 4.79 Å². The summed E-state index contributed by atoms with van der Waals surface area (Å²) in [5.41, 5.74) is 4.95. The van der Waals surface area contributed by atoms with E-state index in [0.717, 1.165) is 0 Å². The molecule has 0 fully saturated rings. The number of esters is 1. The Morgan fingerprint density at radius 2 is 1.90 bits per heavy atom. The maximum absolute atomic E-state index is 10.3. The van der Waals surface area contributed by atoms with E-state index in [2.05, 4.69) is 4.74 Å². The van der Waals surface area contributed by atoms with Crippen molar-refractivity contribution >= 4 is 5.97 Å². The van der Waals surface area contributed by atoms with Gasteiger partial charge in [0, 0.05) is 0 Å². The number of hydrogen-bond donors (Lipinski definition) is 1.